The number of halogens is 1. The van der Waals surface area contributed by atoms with Gasteiger partial charge in [-0.15, -0.1) is 0 Å². The lowest BCUT2D eigenvalue weighted by Crippen LogP contribution is -2.24. The maximum atomic E-state index is 12.3. The molecule has 2 aromatic carbocycles. The van der Waals surface area contributed by atoms with Crippen LogP contribution in [-0.2, 0) is 11.2 Å². The third-order valence-corrected chi connectivity index (χ3v) is 4.00. The van der Waals surface area contributed by atoms with E-state index < -0.39 is 17.0 Å². The van der Waals surface area contributed by atoms with Crippen LogP contribution in [0.1, 0.15) is 40.1 Å². The number of ketones is 1. The number of hydrogen-bond donors (Lipinski definition) is 0. The molecule has 0 fully saturated rings. The highest BCUT2D eigenvalue weighted by Gasteiger charge is 2.22. The Kier molecular flexibility index (Phi) is 5.88. The van der Waals surface area contributed by atoms with Crippen molar-refractivity contribution >= 4 is 29.0 Å². The van der Waals surface area contributed by atoms with Crippen molar-refractivity contribution in [1.29, 1.82) is 0 Å². The normalized spacial score (nSPS) is 11.6. The minimum absolute atomic E-state index is 0.0340. The van der Waals surface area contributed by atoms with E-state index in [1.807, 2.05) is 19.1 Å². The molecule has 6 nitrogen and oxygen atoms in total. The quantitative estimate of drug-likeness (QED) is 0.332. The fraction of sp³-hybridized carbons (Fsp3) is 0.222. The average molecular weight is 362 g/mol. The minimum Gasteiger partial charge on any atom is -0.451 e. The monoisotopic (exact) mass is 361 g/mol. The molecule has 2 aromatic rings. The third-order valence-electron chi connectivity index (χ3n) is 3.68. The van der Waals surface area contributed by atoms with Gasteiger partial charge >= 0.3 is 5.97 Å². The van der Waals surface area contributed by atoms with E-state index in [9.17, 15) is 19.7 Å². The maximum Gasteiger partial charge on any atom is 0.340 e. The summed E-state index contributed by atoms with van der Waals surface area (Å²) >= 11 is 5.89. The Morgan fingerprint density at radius 1 is 1.20 bits per heavy atom. The molecule has 0 N–H and O–H groups in total. The van der Waals surface area contributed by atoms with Gasteiger partial charge in [0.1, 0.15) is 0 Å². The van der Waals surface area contributed by atoms with Crippen molar-refractivity contribution < 1.29 is 19.2 Å². The standard InChI is InChI=1S/C18H16ClNO5/c1-3-12-4-6-13(7-5-12)17(21)11(2)25-18(22)15-9-8-14(20(23)24)10-16(15)19/h4-11H,3H2,1-2H3/t11-/m0/s1. The molecule has 130 valence electrons. The zero-order chi connectivity index (χ0) is 18.6. The first-order chi connectivity index (χ1) is 11.8. The molecule has 0 heterocycles. The van der Waals surface area contributed by atoms with Crippen molar-refractivity contribution in [3.63, 3.8) is 0 Å². The Labute approximate surface area is 149 Å². The first-order valence-electron chi connectivity index (χ1n) is 7.61. The summed E-state index contributed by atoms with van der Waals surface area (Å²) in [5.41, 5.74) is 1.26. The number of esters is 1. The summed E-state index contributed by atoms with van der Waals surface area (Å²) in [6, 6.07) is 10.5. The summed E-state index contributed by atoms with van der Waals surface area (Å²) in [5, 5.41) is 10.6. The smallest absolute Gasteiger partial charge is 0.340 e. The summed E-state index contributed by atoms with van der Waals surface area (Å²) in [4.78, 5) is 34.6. The molecule has 0 unspecified atom stereocenters. The van der Waals surface area contributed by atoms with Gasteiger partial charge in [0.15, 0.2) is 6.10 Å². The second-order valence-corrected chi connectivity index (χ2v) is 5.79. The van der Waals surface area contributed by atoms with Crippen LogP contribution in [0.5, 0.6) is 0 Å². The molecular weight excluding hydrogens is 346 g/mol. The third kappa shape index (κ3) is 4.42. The number of Topliss-reactive ketones (excluding diaryl/α,β-unsaturated/α-hetero) is 1. The zero-order valence-corrected chi connectivity index (χ0v) is 14.4. The molecule has 0 bridgehead atoms. The summed E-state index contributed by atoms with van der Waals surface area (Å²) in [6.45, 7) is 3.47. The molecule has 0 saturated heterocycles. The van der Waals surface area contributed by atoms with E-state index in [2.05, 4.69) is 0 Å². The maximum absolute atomic E-state index is 12.3. The molecule has 0 saturated carbocycles. The summed E-state index contributed by atoms with van der Waals surface area (Å²) in [5.74, 6) is -1.15. The van der Waals surface area contributed by atoms with Crippen LogP contribution >= 0.6 is 11.6 Å². The Balaban J connectivity index is 2.11. The summed E-state index contributed by atoms with van der Waals surface area (Å²) in [7, 11) is 0. The predicted octanol–water partition coefficient (Wildman–Crippen LogP) is 4.24. The molecule has 0 radical (unpaired) electrons. The number of carbonyl (C=O) groups is 2. The number of nitro groups is 1. The van der Waals surface area contributed by atoms with Crippen LogP contribution in [0.3, 0.4) is 0 Å². The van der Waals surface area contributed by atoms with Crippen molar-refractivity contribution in [3.05, 3.63) is 74.3 Å². The Morgan fingerprint density at radius 2 is 1.84 bits per heavy atom. The molecular formula is C18H16ClNO5. The van der Waals surface area contributed by atoms with E-state index in [1.54, 1.807) is 12.1 Å². The van der Waals surface area contributed by atoms with E-state index in [4.69, 9.17) is 16.3 Å². The van der Waals surface area contributed by atoms with Crippen molar-refractivity contribution in [3.8, 4) is 0 Å². The van der Waals surface area contributed by atoms with Crippen molar-refractivity contribution in [2.75, 3.05) is 0 Å². The van der Waals surface area contributed by atoms with Gasteiger partial charge in [0, 0.05) is 17.7 Å². The number of carbonyl (C=O) groups excluding carboxylic acids is 2. The van der Waals surface area contributed by atoms with Crippen molar-refractivity contribution in [1.82, 2.24) is 0 Å². The van der Waals surface area contributed by atoms with E-state index in [-0.39, 0.29) is 22.1 Å². The van der Waals surface area contributed by atoms with Gasteiger partial charge in [-0.25, -0.2) is 4.79 Å². The van der Waals surface area contributed by atoms with Gasteiger partial charge in [-0.1, -0.05) is 42.8 Å². The summed E-state index contributed by atoms with van der Waals surface area (Å²) in [6.07, 6.45) is -0.149. The minimum atomic E-state index is -1.01. The highest BCUT2D eigenvalue weighted by molar-refractivity contribution is 6.33. The van der Waals surface area contributed by atoms with Crippen LogP contribution in [0.4, 0.5) is 5.69 Å². The van der Waals surface area contributed by atoms with Crippen molar-refractivity contribution in [2.24, 2.45) is 0 Å². The topological polar surface area (TPSA) is 86.5 Å². The fourth-order valence-corrected chi connectivity index (χ4v) is 2.45. The Bertz CT molecular complexity index is 817. The van der Waals surface area contributed by atoms with Gasteiger partial charge in [0.05, 0.1) is 15.5 Å². The number of rotatable bonds is 6. The lowest BCUT2D eigenvalue weighted by molar-refractivity contribution is -0.384. The van der Waals surface area contributed by atoms with E-state index in [1.165, 1.54) is 13.0 Å². The zero-order valence-electron chi connectivity index (χ0n) is 13.7. The number of ether oxygens (including phenoxy) is 1. The molecule has 25 heavy (non-hydrogen) atoms. The van der Waals surface area contributed by atoms with Gasteiger partial charge in [-0.3, -0.25) is 14.9 Å². The van der Waals surface area contributed by atoms with E-state index >= 15 is 0 Å². The van der Waals surface area contributed by atoms with Crippen LogP contribution in [-0.4, -0.2) is 22.8 Å². The largest absolute Gasteiger partial charge is 0.451 e. The van der Waals surface area contributed by atoms with Crippen LogP contribution in [0.2, 0.25) is 5.02 Å². The highest BCUT2D eigenvalue weighted by Crippen LogP contribution is 2.23. The van der Waals surface area contributed by atoms with Crippen LogP contribution in [0.25, 0.3) is 0 Å². The average Bonchev–Trinajstić information content (AvgIpc) is 2.60. The predicted molar refractivity (Wildman–Crippen MR) is 93.1 cm³/mol. The molecule has 2 rings (SSSR count). The molecule has 0 aliphatic rings. The lowest BCUT2D eigenvalue weighted by atomic mass is 10.0. The van der Waals surface area contributed by atoms with Crippen LogP contribution in [0.15, 0.2) is 42.5 Å². The van der Waals surface area contributed by atoms with Gasteiger partial charge in [-0.05, 0) is 25.0 Å². The SMILES string of the molecule is CCc1ccc(C(=O)[C@H](C)OC(=O)c2ccc([N+](=O)[O-])cc2Cl)cc1. The van der Waals surface area contributed by atoms with Crippen LogP contribution < -0.4 is 0 Å². The van der Waals surface area contributed by atoms with Gasteiger partial charge < -0.3 is 4.74 Å². The Morgan fingerprint density at radius 3 is 2.36 bits per heavy atom. The van der Waals surface area contributed by atoms with E-state index in [0.29, 0.717) is 5.56 Å². The van der Waals surface area contributed by atoms with Gasteiger partial charge in [0.25, 0.3) is 5.69 Å². The van der Waals surface area contributed by atoms with E-state index in [0.717, 1.165) is 24.1 Å². The second-order valence-electron chi connectivity index (χ2n) is 5.38. The molecule has 0 amide bonds. The lowest BCUT2D eigenvalue weighted by Gasteiger charge is -2.13. The molecule has 0 aliphatic heterocycles. The number of aryl methyl sites for hydroxylation is 1. The molecule has 0 aromatic heterocycles. The molecule has 7 heteroatoms. The van der Waals surface area contributed by atoms with Gasteiger partial charge in [0.2, 0.25) is 5.78 Å². The first-order valence-corrected chi connectivity index (χ1v) is 7.99. The number of nitro benzene ring substituents is 1. The van der Waals surface area contributed by atoms with Crippen molar-refractivity contribution in [2.45, 2.75) is 26.4 Å². The molecule has 1 atom stereocenters. The molecule has 0 spiro atoms. The second kappa shape index (κ2) is 7.90. The van der Waals surface area contributed by atoms with Gasteiger partial charge in [-0.2, -0.15) is 0 Å². The fourth-order valence-electron chi connectivity index (χ4n) is 2.20. The highest BCUT2D eigenvalue weighted by atomic mass is 35.5. The number of non-ortho nitro benzene ring substituents is 1. The number of hydrogen-bond acceptors (Lipinski definition) is 5. The number of nitrogens with zero attached hydrogens (tertiary/aromatic N) is 1. The number of benzene rings is 2. The summed E-state index contributed by atoms with van der Waals surface area (Å²) < 4.78 is 5.15. The first kappa shape index (κ1) is 18.6. The van der Waals surface area contributed by atoms with Crippen LogP contribution in [0, 0.1) is 10.1 Å². The Hall–Kier alpha value is -2.73. The molecule has 0 aliphatic carbocycles.